The second kappa shape index (κ2) is 11.1. The number of fused-ring (bicyclic) bond motifs is 1. The summed E-state index contributed by atoms with van der Waals surface area (Å²) in [7, 11) is 0. The van der Waals surface area contributed by atoms with Crippen LogP contribution in [0, 0.1) is 25.5 Å². The maximum Gasteiger partial charge on any atom is 0.373 e. The molecule has 0 saturated carbocycles. The van der Waals surface area contributed by atoms with Crippen molar-refractivity contribution in [2.45, 2.75) is 33.3 Å². The van der Waals surface area contributed by atoms with E-state index in [1.807, 2.05) is 25.1 Å². The summed E-state index contributed by atoms with van der Waals surface area (Å²) in [5.74, 6) is -1.01. The lowest BCUT2D eigenvalue weighted by atomic mass is 10.0. The monoisotopic (exact) mass is 464 g/mol. The Morgan fingerprint density at radius 1 is 1.03 bits per heavy atom. The SMILES string of the molecule is Cc1cccc(CCC(=O)c2c(C)nc3c(OCc4c(F)cccc4F)cccn23)c1.O=C=O. The number of hydrogen-bond donors (Lipinski definition) is 0. The fourth-order valence-corrected chi connectivity index (χ4v) is 3.67. The number of nitrogens with zero attached hydrogens (tertiary/aromatic N) is 2. The Balaban J connectivity index is 0.00000103. The van der Waals surface area contributed by atoms with Gasteiger partial charge in [0.2, 0.25) is 0 Å². The first-order chi connectivity index (χ1) is 16.3. The topological polar surface area (TPSA) is 77.7 Å². The van der Waals surface area contributed by atoms with Gasteiger partial charge in [-0.15, -0.1) is 0 Å². The van der Waals surface area contributed by atoms with Gasteiger partial charge in [0.1, 0.15) is 23.9 Å². The van der Waals surface area contributed by atoms with E-state index in [1.165, 1.54) is 18.2 Å². The summed E-state index contributed by atoms with van der Waals surface area (Å²) >= 11 is 0. The summed E-state index contributed by atoms with van der Waals surface area (Å²) in [4.78, 5) is 33.7. The minimum Gasteiger partial charge on any atom is -0.485 e. The zero-order valence-corrected chi connectivity index (χ0v) is 18.7. The summed E-state index contributed by atoms with van der Waals surface area (Å²) < 4.78 is 35.2. The maximum atomic E-state index is 13.9. The zero-order chi connectivity index (χ0) is 24.7. The van der Waals surface area contributed by atoms with Gasteiger partial charge in [0.25, 0.3) is 0 Å². The van der Waals surface area contributed by atoms with Crippen molar-refractivity contribution in [3.63, 3.8) is 0 Å². The van der Waals surface area contributed by atoms with Gasteiger partial charge >= 0.3 is 6.15 Å². The highest BCUT2D eigenvalue weighted by Crippen LogP contribution is 2.25. The molecule has 0 unspecified atom stereocenters. The van der Waals surface area contributed by atoms with E-state index in [-0.39, 0.29) is 24.1 Å². The first-order valence-electron chi connectivity index (χ1n) is 10.5. The van der Waals surface area contributed by atoms with Gasteiger partial charge in [0.05, 0.1) is 11.3 Å². The Labute approximate surface area is 194 Å². The van der Waals surface area contributed by atoms with Gasteiger partial charge in [-0.2, -0.15) is 9.59 Å². The molecule has 0 atom stereocenters. The number of halogens is 2. The van der Waals surface area contributed by atoms with Crippen LogP contribution in [0.4, 0.5) is 8.78 Å². The van der Waals surface area contributed by atoms with Crippen LogP contribution in [0.2, 0.25) is 0 Å². The summed E-state index contributed by atoms with van der Waals surface area (Å²) in [5.41, 5.74) is 3.63. The van der Waals surface area contributed by atoms with Crippen molar-refractivity contribution in [2.75, 3.05) is 0 Å². The van der Waals surface area contributed by atoms with Crippen molar-refractivity contribution < 1.29 is 27.9 Å². The van der Waals surface area contributed by atoms with E-state index in [0.717, 1.165) is 11.1 Å². The van der Waals surface area contributed by atoms with Gasteiger partial charge in [-0.25, -0.2) is 13.8 Å². The van der Waals surface area contributed by atoms with Gasteiger partial charge in [0.15, 0.2) is 17.2 Å². The maximum absolute atomic E-state index is 13.9. The third-order valence-electron chi connectivity index (χ3n) is 5.21. The van der Waals surface area contributed by atoms with Gasteiger partial charge in [-0.3, -0.25) is 9.20 Å². The van der Waals surface area contributed by atoms with E-state index in [4.69, 9.17) is 14.3 Å². The summed E-state index contributed by atoms with van der Waals surface area (Å²) in [5, 5.41) is 0. The molecule has 0 spiro atoms. The van der Waals surface area contributed by atoms with Crippen molar-refractivity contribution in [1.29, 1.82) is 0 Å². The van der Waals surface area contributed by atoms with Crippen LogP contribution in [0.15, 0.2) is 60.8 Å². The standard InChI is InChI=1S/C25H22F2N2O2.CO2/c1-16-6-3-7-18(14-16)11-12-22(30)24-17(2)28-25-23(10-5-13-29(24)25)31-15-19-20(26)8-4-9-21(19)27;2-1-3/h3-10,13-14H,11-12,15H2,1-2H3;. The number of ether oxygens (including phenoxy) is 1. The van der Waals surface area contributed by atoms with Crippen molar-refractivity contribution in [3.05, 3.63) is 101 Å². The third-order valence-corrected chi connectivity index (χ3v) is 5.21. The average molecular weight is 464 g/mol. The van der Waals surface area contributed by atoms with Crippen LogP contribution >= 0.6 is 0 Å². The van der Waals surface area contributed by atoms with Crippen LogP contribution in [-0.4, -0.2) is 21.3 Å². The molecule has 0 saturated heterocycles. The summed E-state index contributed by atoms with van der Waals surface area (Å²) in [6, 6.07) is 15.2. The molecule has 0 amide bonds. The Bertz CT molecular complexity index is 1340. The van der Waals surface area contributed by atoms with E-state index >= 15 is 0 Å². The largest absolute Gasteiger partial charge is 0.485 e. The van der Waals surface area contributed by atoms with Crippen LogP contribution in [-0.2, 0) is 22.6 Å². The molecule has 0 radical (unpaired) electrons. The fourth-order valence-electron chi connectivity index (χ4n) is 3.67. The molecule has 4 aromatic rings. The van der Waals surface area contributed by atoms with Gasteiger partial charge in [-0.1, -0.05) is 35.9 Å². The second-order valence-corrected chi connectivity index (χ2v) is 7.60. The van der Waals surface area contributed by atoms with E-state index < -0.39 is 11.6 Å². The van der Waals surface area contributed by atoms with Gasteiger partial charge < -0.3 is 4.74 Å². The van der Waals surface area contributed by atoms with Gasteiger partial charge in [0, 0.05) is 12.6 Å². The molecule has 6 nitrogen and oxygen atoms in total. The first kappa shape index (κ1) is 24.5. The lowest BCUT2D eigenvalue weighted by Crippen LogP contribution is -2.07. The van der Waals surface area contributed by atoms with Crippen LogP contribution < -0.4 is 4.74 Å². The van der Waals surface area contributed by atoms with E-state index in [1.54, 1.807) is 29.7 Å². The number of carbonyl (C=O) groups is 1. The number of Topliss-reactive ketones (excluding diaryl/α,β-unsaturated/α-hetero) is 1. The van der Waals surface area contributed by atoms with Crippen LogP contribution in [0.1, 0.15) is 39.3 Å². The minimum absolute atomic E-state index is 0.0243. The van der Waals surface area contributed by atoms with Crippen LogP contribution in [0.3, 0.4) is 0 Å². The normalized spacial score (nSPS) is 10.4. The molecule has 0 bridgehead atoms. The van der Waals surface area contributed by atoms with E-state index in [0.29, 0.717) is 35.6 Å². The number of pyridine rings is 1. The zero-order valence-electron chi connectivity index (χ0n) is 18.7. The number of aryl methyl sites for hydroxylation is 3. The van der Waals surface area contributed by atoms with Crippen molar-refractivity contribution in [1.82, 2.24) is 9.38 Å². The predicted molar refractivity (Wildman–Crippen MR) is 119 cm³/mol. The minimum atomic E-state index is -0.668. The Hall–Kier alpha value is -4.16. The number of benzene rings is 2. The van der Waals surface area contributed by atoms with Crippen molar-refractivity contribution >= 4 is 17.6 Å². The second-order valence-electron chi connectivity index (χ2n) is 7.60. The highest BCUT2D eigenvalue weighted by molar-refractivity contribution is 5.96. The molecule has 0 N–H and O–H groups in total. The number of rotatable bonds is 7. The highest BCUT2D eigenvalue weighted by Gasteiger charge is 2.19. The third kappa shape index (κ3) is 5.60. The lowest BCUT2D eigenvalue weighted by Gasteiger charge is -2.09. The molecule has 4 rings (SSSR count). The number of carbonyl (C=O) groups excluding carboxylic acids is 3. The molecular formula is C26H22F2N2O4. The molecule has 0 aliphatic heterocycles. The quantitative estimate of drug-likeness (QED) is 0.358. The predicted octanol–water partition coefficient (Wildman–Crippen LogP) is 5.04. The molecular weight excluding hydrogens is 442 g/mol. The summed E-state index contributed by atoms with van der Waals surface area (Å²) in [6.45, 7) is 3.52. The highest BCUT2D eigenvalue weighted by atomic mass is 19.1. The Kier molecular flexibility index (Phi) is 8.01. The number of hydrogen-bond acceptors (Lipinski definition) is 5. The Morgan fingerprint density at radius 2 is 1.71 bits per heavy atom. The van der Waals surface area contributed by atoms with E-state index in [2.05, 4.69) is 11.1 Å². The van der Waals surface area contributed by atoms with Gasteiger partial charge in [-0.05, 0) is 50.1 Å². The summed E-state index contributed by atoms with van der Waals surface area (Å²) in [6.07, 6.45) is 2.98. The molecule has 0 fully saturated rings. The van der Waals surface area contributed by atoms with Crippen LogP contribution in [0.5, 0.6) is 5.75 Å². The number of aromatic nitrogens is 2. The first-order valence-corrected chi connectivity index (χ1v) is 10.5. The Morgan fingerprint density at radius 3 is 2.38 bits per heavy atom. The average Bonchev–Trinajstić information content (AvgIpc) is 3.14. The smallest absolute Gasteiger partial charge is 0.373 e. The molecule has 8 heteroatoms. The molecule has 34 heavy (non-hydrogen) atoms. The molecule has 2 aromatic heterocycles. The molecule has 0 aliphatic carbocycles. The molecule has 0 aliphatic rings. The van der Waals surface area contributed by atoms with Crippen molar-refractivity contribution in [2.24, 2.45) is 0 Å². The number of ketones is 1. The molecule has 174 valence electrons. The van der Waals surface area contributed by atoms with Crippen LogP contribution in [0.25, 0.3) is 5.65 Å². The van der Waals surface area contributed by atoms with Crippen molar-refractivity contribution in [3.8, 4) is 5.75 Å². The lowest BCUT2D eigenvalue weighted by molar-refractivity contribution is -0.191. The molecule has 2 aromatic carbocycles. The fraction of sp³-hybridized carbons (Fsp3) is 0.192. The number of imidazole rings is 1. The van der Waals surface area contributed by atoms with E-state index in [9.17, 15) is 13.6 Å². The molecule has 2 heterocycles.